The Balaban J connectivity index is 2.27. The molecule has 104 valence electrons. The third-order valence-corrected chi connectivity index (χ3v) is 5.95. The van der Waals surface area contributed by atoms with Crippen molar-refractivity contribution in [2.24, 2.45) is 0 Å². The fraction of sp³-hybridized carbons (Fsp3) is 0.368. The van der Waals surface area contributed by atoms with Crippen LogP contribution in [-0.2, 0) is 6.42 Å². The lowest BCUT2D eigenvalue weighted by Gasteiger charge is -2.06. The summed E-state index contributed by atoms with van der Waals surface area (Å²) in [6, 6.07) is 9.22. The second-order valence-electron chi connectivity index (χ2n) is 5.82. The van der Waals surface area contributed by atoms with Crippen molar-refractivity contribution in [1.82, 2.24) is 0 Å². The van der Waals surface area contributed by atoms with Gasteiger partial charge in [0.1, 0.15) is 0 Å². The van der Waals surface area contributed by atoms with Gasteiger partial charge in [-0.2, -0.15) is 0 Å². The SMILES string of the molecule is CCCCc1ccc2c(sc3c(C)c(C)ccc32)c1C. The molecular weight excluding hydrogens is 260 g/mol. The molecule has 1 heterocycles. The minimum absolute atomic E-state index is 1.21. The van der Waals surface area contributed by atoms with Crippen LogP contribution in [0.2, 0.25) is 0 Å². The summed E-state index contributed by atoms with van der Waals surface area (Å²) in [5, 5.41) is 2.86. The van der Waals surface area contributed by atoms with E-state index in [1.165, 1.54) is 61.7 Å². The number of benzene rings is 2. The van der Waals surface area contributed by atoms with Crippen LogP contribution < -0.4 is 0 Å². The third-order valence-electron chi connectivity index (χ3n) is 4.49. The second-order valence-corrected chi connectivity index (χ2v) is 6.84. The van der Waals surface area contributed by atoms with Gasteiger partial charge in [0.15, 0.2) is 0 Å². The molecule has 0 aliphatic carbocycles. The average molecular weight is 282 g/mol. The number of rotatable bonds is 3. The van der Waals surface area contributed by atoms with Crippen LogP contribution in [0.25, 0.3) is 20.2 Å². The van der Waals surface area contributed by atoms with Crippen molar-refractivity contribution in [2.45, 2.75) is 47.0 Å². The lowest BCUT2D eigenvalue weighted by molar-refractivity contribution is 0.792. The molecule has 0 fully saturated rings. The van der Waals surface area contributed by atoms with Crippen molar-refractivity contribution in [1.29, 1.82) is 0 Å². The molecule has 2 aromatic carbocycles. The van der Waals surface area contributed by atoms with Crippen molar-refractivity contribution >= 4 is 31.5 Å². The van der Waals surface area contributed by atoms with Gasteiger partial charge >= 0.3 is 0 Å². The molecule has 0 saturated carbocycles. The molecule has 1 aromatic heterocycles. The van der Waals surface area contributed by atoms with E-state index in [2.05, 4.69) is 52.0 Å². The molecule has 0 bridgehead atoms. The summed E-state index contributed by atoms with van der Waals surface area (Å²) in [6.07, 6.45) is 3.77. The lowest BCUT2D eigenvalue weighted by Crippen LogP contribution is -1.89. The van der Waals surface area contributed by atoms with E-state index < -0.39 is 0 Å². The lowest BCUT2D eigenvalue weighted by atomic mass is 9.99. The highest BCUT2D eigenvalue weighted by Gasteiger charge is 2.12. The van der Waals surface area contributed by atoms with Gasteiger partial charge in [0.05, 0.1) is 0 Å². The van der Waals surface area contributed by atoms with Gasteiger partial charge in [0.25, 0.3) is 0 Å². The predicted octanol–water partition coefficient (Wildman–Crippen LogP) is 6.32. The fourth-order valence-electron chi connectivity index (χ4n) is 2.95. The summed E-state index contributed by atoms with van der Waals surface area (Å²) in [5.41, 5.74) is 5.86. The van der Waals surface area contributed by atoms with Crippen LogP contribution in [0.3, 0.4) is 0 Å². The molecule has 0 N–H and O–H groups in total. The molecule has 0 spiro atoms. The molecular formula is C19H22S. The zero-order chi connectivity index (χ0) is 14.3. The first-order valence-corrected chi connectivity index (χ1v) is 8.36. The van der Waals surface area contributed by atoms with Crippen LogP contribution in [0.1, 0.15) is 42.0 Å². The van der Waals surface area contributed by atoms with Gasteiger partial charge in [-0.15, -0.1) is 11.3 Å². The van der Waals surface area contributed by atoms with Crippen molar-refractivity contribution < 1.29 is 0 Å². The first kappa shape index (κ1) is 13.6. The highest BCUT2D eigenvalue weighted by molar-refractivity contribution is 7.26. The second kappa shape index (κ2) is 5.21. The molecule has 0 aliphatic heterocycles. The summed E-state index contributed by atoms with van der Waals surface area (Å²) >= 11 is 1.98. The Hall–Kier alpha value is -1.34. The summed E-state index contributed by atoms with van der Waals surface area (Å²) in [6.45, 7) is 9.02. The van der Waals surface area contributed by atoms with E-state index in [1.807, 2.05) is 11.3 Å². The van der Waals surface area contributed by atoms with Gasteiger partial charge < -0.3 is 0 Å². The maximum absolute atomic E-state index is 2.34. The Morgan fingerprint density at radius 1 is 0.850 bits per heavy atom. The average Bonchev–Trinajstić information content (AvgIpc) is 2.83. The Morgan fingerprint density at radius 2 is 1.50 bits per heavy atom. The zero-order valence-electron chi connectivity index (χ0n) is 12.8. The Labute approximate surface area is 125 Å². The molecule has 0 radical (unpaired) electrons. The van der Waals surface area contributed by atoms with E-state index in [-0.39, 0.29) is 0 Å². The molecule has 3 aromatic rings. The number of fused-ring (bicyclic) bond motifs is 3. The first-order valence-electron chi connectivity index (χ1n) is 7.54. The van der Waals surface area contributed by atoms with Gasteiger partial charge in [-0.3, -0.25) is 0 Å². The first-order chi connectivity index (χ1) is 9.63. The zero-order valence-corrected chi connectivity index (χ0v) is 13.7. The standard InChI is InChI=1S/C19H22S/c1-5-6-7-15-9-11-17-16-10-8-12(2)13(3)18(16)20-19(17)14(15)4/h8-11H,5-7H2,1-4H3. The van der Waals surface area contributed by atoms with Gasteiger partial charge in [0, 0.05) is 20.2 Å². The third kappa shape index (κ3) is 2.05. The van der Waals surface area contributed by atoms with Crippen molar-refractivity contribution in [3.05, 3.63) is 46.5 Å². The molecule has 1 heteroatoms. The molecule has 0 aliphatic rings. The summed E-state index contributed by atoms with van der Waals surface area (Å²) in [7, 11) is 0. The Morgan fingerprint density at radius 3 is 2.20 bits per heavy atom. The predicted molar refractivity (Wildman–Crippen MR) is 92.2 cm³/mol. The highest BCUT2D eigenvalue weighted by atomic mass is 32.1. The van der Waals surface area contributed by atoms with Gasteiger partial charge in [-0.25, -0.2) is 0 Å². The number of aryl methyl sites for hydroxylation is 4. The fourth-order valence-corrected chi connectivity index (χ4v) is 4.33. The van der Waals surface area contributed by atoms with Crippen LogP contribution in [0.4, 0.5) is 0 Å². The number of hydrogen-bond acceptors (Lipinski definition) is 1. The van der Waals surface area contributed by atoms with Crippen LogP contribution in [0.15, 0.2) is 24.3 Å². The Kier molecular flexibility index (Phi) is 3.55. The van der Waals surface area contributed by atoms with Crippen molar-refractivity contribution in [3.8, 4) is 0 Å². The van der Waals surface area contributed by atoms with E-state index >= 15 is 0 Å². The molecule has 0 unspecified atom stereocenters. The Bertz CT molecular complexity index is 777. The van der Waals surface area contributed by atoms with Crippen LogP contribution >= 0.6 is 11.3 Å². The molecule has 20 heavy (non-hydrogen) atoms. The van der Waals surface area contributed by atoms with Gasteiger partial charge in [-0.05, 0) is 55.9 Å². The number of thiophene rings is 1. The van der Waals surface area contributed by atoms with E-state index in [9.17, 15) is 0 Å². The highest BCUT2D eigenvalue weighted by Crippen LogP contribution is 2.39. The largest absolute Gasteiger partial charge is 0.135 e. The molecule has 0 nitrogen and oxygen atoms in total. The molecule has 0 saturated heterocycles. The smallest absolute Gasteiger partial charge is 0.0387 e. The van der Waals surface area contributed by atoms with Gasteiger partial charge in [-0.1, -0.05) is 37.6 Å². The molecule has 0 amide bonds. The van der Waals surface area contributed by atoms with Crippen LogP contribution in [0.5, 0.6) is 0 Å². The normalized spacial score (nSPS) is 11.6. The maximum atomic E-state index is 2.34. The molecule has 0 atom stereocenters. The topological polar surface area (TPSA) is 0 Å². The van der Waals surface area contributed by atoms with Crippen molar-refractivity contribution in [3.63, 3.8) is 0 Å². The minimum atomic E-state index is 1.21. The van der Waals surface area contributed by atoms with E-state index in [0.29, 0.717) is 0 Å². The summed E-state index contributed by atoms with van der Waals surface area (Å²) in [4.78, 5) is 0. The minimum Gasteiger partial charge on any atom is -0.135 e. The van der Waals surface area contributed by atoms with Crippen molar-refractivity contribution in [2.75, 3.05) is 0 Å². The monoisotopic (exact) mass is 282 g/mol. The van der Waals surface area contributed by atoms with Crippen LogP contribution in [0, 0.1) is 20.8 Å². The maximum Gasteiger partial charge on any atom is 0.0387 e. The van der Waals surface area contributed by atoms with Crippen LogP contribution in [-0.4, -0.2) is 0 Å². The van der Waals surface area contributed by atoms with Gasteiger partial charge in [0.2, 0.25) is 0 Å². The summed E-state index contributed by atoms with van der Waals surface area (Å²) < 4.78 is 2.96. The molecule has 3 rings (SSSR count). The summed E-state index contributed by atoms with van der Waals surface area (Å²) in [5.74, 6) is 0. The number of hydrogen-bond donors (Lipinski definition) is 0. The van der Waals surface area contributed by atoms with E-state index in [4.69, 9.17) is 0 Å². The number of unbranched alkanes of at least 4 members (excludes halogenated alkanes) is 1. The quantitative estimate of drug-likeness (QED) is 0.527. The van der Waals surface area contributed by atoms with E-state index in [1.54, 1.807) is 0 Å². The van der Waals surface area contributed by atoms with E-state index in [0.717, 1.165) is 0 Å².